The summed E-state index contributed by atoms with van der Waals surface area (Å²) in [6.45, 7) is 2.22. The molecule has 0 rings (SSSR count). The molecule has 0 aliphatic rings. The van der Waals surface area contributed by atoms with Crippen molar-refractivity contribution in [2.75, 3.05) is 0 Å². The number of hydrogen-bond acceptors (Lipinski definition) is 1. The highest BCUT2D eigenvalue weighted by atomic mass is 16.4. The summed E-state index contributed by atoms with van der Waals surface area (Å²) in [6, 6.07) is 0. The number of carbonyl (C=O) groups is 1. The minimum Gasteiger partial charge on any atom is -0.481 e. The Balaban J connectivity index is 3.55. The number of hydrogen-bond donors (Lipinski definition) is 1. The van der Waals surface area contributed by atoms with Gasteiger partial charge in [-0.25, -0.2) is 0 Å². The number of rotatable bonds is 13. The van der Waals surface area contributed by atoms with Gasteiger partial charge in [-0.3, -0.25) is 4.79 Å². The van der Waals surface area contributed by atoms with Crippen LogP contribution < -0.4 is 0 Å². The van der Waals surface area contributed by atoms with Gasteiger partial charge < -0.3 is 5.11 Å². The van der Waals surface area contributed by atoms with Crippen LogP contribution in [0.1, 0.15) is 58.3 Å². The fourth-order valence-electron chi connectivity index (χ4n) is 1.76. The molecule has 0 bridgehead atoms. The summed E-state index contributed by atoms with van der Waals surface area (Å²) in [4.78, 5) is 10.3. The summed E-state index contributed by atoms with van der Waals surface area (Å²) < 4.78 is 0. The molecule has 1 N–H and O–H groups in total. The highest BCUT2D eigenvalue weighted by Crippen LogP contribution is 1.99. The normalized spacial score (nSPS) is 12.8. The van der Waals surface area contributed by atoms with Crippen molar-refractivity contribution in [2.24, 2.45) is 0 Å². The molecule has 0 aromatic rings. The molecule has 0 aliphatic carbocycles. The Hall–Kier alpha value is -1.83. The van der Waals surface area contributed by atoms with Crippen LogP contribution in [0.25, 0.3) is 0 Å². The predicted octanol–water partition coefficient (Wildman–Crippen LogP) is 5.99. The van der Waals surface area contributed by atoms with Crippen LogP contribution in [-0.2, 0) is 4.79 Å². The van der Waals surface area contributed by atoms with Gasteiger partial charge in [0.25, 0.3) is 0 Å². The van der Waals surface area contributed by atoms with E-state index >= 15 is 0 Å². The molecule has 22 heavy (non-hydrogen) atoms. The minimum absolute atomic E-state index is 0.252. The third kappa shape index (κ3) is 18.2. The maximum absolute atomic E-state index is 10.3. The lowest BCUT2D eigenvalue weighted by atomic mass is 10.2. The van der Waals surface area contributed by atoms with E-state index in [0.717, 1.165) is 12.8 Å². The van der Waals surface area contributed by atoms with Gasteiger partial charge in [0.1, 0.15) is 0 Å². The number of carboxylic acid groups (broad SMARTS) is 1. The average Bonchev–Trinajstić information content (AvgIpc) is 2.50. The van der Waals surface area contributed by atoms with Crippen LogP contribution in [-0.4, -0.2) is 11.1 Å². The zero-order valence-corrected chi connectivity index (χ0v) is 13.8. The standard InChI is InChI=1S/C20H30O2/c1-2-3-4-5-6-7-8-9-10-11-12-13-14-15-16-17-18-19-20(21)22/h6-13,15-16H,2-5,14,17-19H2,1H3,(H,21,22)/b7-6?,9-8?,11-10?,13-12?,16-15-. The molecule has 0 heterocycles. The molecule has 0 saturated carbocycles. The Morgan fingerprint density at radius 3 is 2.09 bits per heavy atom. The second kappa shape index (κ2) is 17.2. The Bertz CT molecular complexity index is 398. The monoisotopic (exact) mass is 302 g/mol. The lowest BCUT2D eigenvalue weighted by molar-refractivity contribution is -0.137. The van der Waals surface area contributed by atoms with E-state index in [9.17, 15) is 4.79 Å². The lowest BCUT2D eigenvalue weighted by Crippen LogP contribution is -1.92. The highest BCUT2D eigenvalue weighted by molar-refractivity contribution is 5.66. The molecule has 0 atom stereocenters. The Kier molecular flexibility index (Phi) is 15.8. The Morgan fingerprint density at radius 1 is 0.773 bits per heavy atom. The van der Waals surface area contributed by atoms with Crippen molar-refractivity contribution in [1.29, 1.82) is 0 Å². The number of aliphatic carboxylic acids is 1. The van der Waals surface area contributed by atoms with E-state index < -0.39 is 5.97 Å². The number of carboxylic acids is 1. The molecule has 2 heteroatoms. The molecule has 0 radical (unpaired) electrons. The second-order valence-corrected chi connectivity index (χ2v) is 5.11. The van der Waals surface area contributed by atoms with Crippen molar-refractivity contribution < 1.29 is 9.90 Å². The highest BCUT2D eigenvalue weighted by Gasteiger charge is 1.92. The maximum Gasteiger partial charge on any atom is 0.303 e. The molecule has 0 unspecified atom stereocenters. The van der Waals surface area contributed by atoms with Gasteiger partial charge in [0.05, 0.1) is 0 Å². The summed E-state index contributed by atoms with van der Waals surface area (Å²) in [7, 11) is 0. The van der Waals surface area contributed by atoms with E-state index in [2.05, 4.69) is 37.3 Å². The number of allylic oxidation sites excluding steroid dienone is 10. The van der Waals surface area contributed by atoms with Gasteiger partial charge in [-0.2, -0.15) is 0 Å². The fourth-order valence-corrected chi connectivity index (χ4v) is 1.76. The predicted molar refractivity (Wildman–Crippen MR) is 95.9 cm³/mol. The first-order valence-electron chi connectivity index (χ1n) is 8.29. The van der Waals surface area contributed by atoms with Crippen molar-refractivity contribution in [3.8, 4) is 0 Å². The largest absolute Gasteiger partial charge is 0.481 e. The Morgan fingerprint density at radius 2 is 1.41 bits per heavy atom. The van der Waals surface area contributed by atoms with E-state index in [4.69, 9.17) is 5.11 Å². The van der Waals surface area contributed by atoms with Gasteiger partial charge in [-0.1, -0.05) is 80.5 Å². The molecule has 0 aliphatic heterocycles. The molecule has 0 aromatic heterocycles. The van der Waals surface area contributed by atoms with Crippen LogP contribution >= 0.6 is 0 Å². The maximum atomic E-state index is 10.3. The summed E-state index contributed by atoms with van der Waals surface area (Å²) in [5.74, 6) is -0.720. The zero-order valence-electron chi connectivity index (χ0n) is 13.8. The molecular formula is C20H30O2. The first-order valence-corrected chi connectivity index (χ1v) is 8.29. The van der Waals surface area contributed by atoms with Gasteiger partial charge in [-0.05, 0) is 32.1 Å². The number of unbranched alkanes of at least 4 members (excludes halogenated alkanes) is 4. The topological polar surface area (TPSA) is 37.3 Å². The van der Waals surface area contributed by atoms with Gasteiger partial charge in [-0.15, -0.1) is 0 Å². The average molecular weight is 302 g/mol. The first kappa shape index (κ1) is 20.2. The molecule has 0 aromatic carbocycles. The summed E-state index contributed by atoms with van der Waals surface area (Å²) >= 11 is 0. The van der Waals surface area contributed by atoms with E-state index in [1.54, 1.807) is 0 Å². The third-order valence-electron chi connectivity index (χ3n) is 3.00. The van der Waals surface area contributed by atoms with Crippen LogP contribution in [0.5, 0.6) is 0 Å². The van der Waals surface area contributed by atoms with Crippen molar-refractivity contribution in [3.63, 3.8) is 0 Å². The summed E-state index contributed by atoms with van der Waals surface area (Å²) in [5.41, 5.74) is 0. The van der Waals surface area contributed by atoms with Crippen molar-refractivity contribution in [1.82, 2.24) is 0 Å². The van der Waals surface area contributed by atoms with E-state index in [1.807, 2.05) is 30.4 Å². The third-order valence-corrected chi connectivity index (χ3v) is 3.00. The SMILES string of the molecule is CCCCCC=CC=CC=CC=CC/C=C\CCCC(=O)O. The van der Waals surface area contributed by atoms with Gasteiger partial charge in [0.2, 0.25) is 0 Å². The Labute approximate surface area is 135 Å². The van der Waals surface area contributed by atoms with E-state index in [-0.39, 0.29) is 6.42 Å². The van der Waals surface area contributed by atoms with Crippen LogP contribution in [0.15, 0.2) is 60.8 Å². The molecule has 2 nitrogen and oxygen atoms in total. The summed E-state index contributed by atoms with van der Waals surface area (Å²) in [6.07, 6.45) is 28.4. The molecule has 0 fully saturated rings. The fraction of sp³-hybridized carbons (Fsp3) is 0.450. The van der Waals surface area contributed by atoms with Crippen LogP contribution in [0.2, 0.25) is 0 Å². The molecule has 0 amide bonds. The van der Waals surface area contributed by atoms with E-state index in [0.29, 0.717) is 6.42 Å². The molecular weight excluding hydrogens is 272 g/mol. The smallest absolute Gasteiger partial charge is 0.303 e. The zero-order chi connectivity index (χ0) is 16.3. The quantitative estimate of drug-likeness (QED) is 0.258. The second-order valence-electron chi connectivity index (χ2n) is 5.11. The van der Waals surface area contributed by atoms with Gasteiger partial charge in [0.15, 0.2) is 0 Å². The summed E-state index contributed by atoms with van der Waals surface area (Å²) in [5, 5.41) is 8.49. The molecule has 0 spiro atoms. The van der Waals surface area contributed by atoms with Gasteiger partial charge in [0, 0.05) is 6.42 Å². The molecule has 0 saturated heterocycles. The van der Waals surface area contributed by atoms with Crippen molar-refractivity contribution in [3.05, 3.63) is 60.8 Å². The van der Waals surface area contributed by atoms with E-state index in [1.165, 1.54) is 25.7 Å². The van der Waals surface area contributed by atoms with Crippen LogP contribution in [0.4, 0.5) is 0 Å². The first-order chi connectivity index (χ1) is 10.8. The molecule has 122 valence electrons. The van der Waals surface area contributed by atoms with Crippen molar-refractivity contribution in [2.45, 2.75) is 58.3 Å². The van der Waals surface area contributed by atoms with Gasteiger partial charge >= 0.3 is 5.97 Å². The van der Waals surface area contributed by atoms with Crippen LogP contribution in [0, 0.1) is 0 Å². The minimum atomic E-state index is -0.720. The lowest BCUT2D eigenvalue weighted by Gasteiger charge is -1.89. The van der Waals surface area contributed by atoms with Crippen molar-refractivity contribution >= 4 is 5.97 Å². The van der Waals surface area contributed by atoms with Crippen LogP contribution in [0.3, 0.4) is 0 Å².